The van der Waals surface area contributed by atoms with Crippen LogP contribution >= 0.6 is 0 Å². The van der Waals surface area contributed by atoms with E-state index >= 15 is 13.2 Å². The van der Waals surface area contributed by atoms with Crippen molar-refractivity contribution in [1.82, 2.24) is 23.9 Å². The lowest BCUT2D eigenvalue weighted by Crippen LogP contribution is -2.59. The summed E-state index contributed by atoms with van der Waals surface area (Å²) >= 11 is 0. The van der Waals surface area contributed by atoms with Gasteiger partial charge in [0.15, 0.2) is 11.2 Å². The molecule has 6 aromatic carbocycles. The molecule has 1 aliphatic heterocycles. The summed E-state index contributed by atoms with van der Waals surface area (Å²) in [5, 5.41) is 10.8. The molecular formula is C65H66F8N6O4S. The average molecular weight is 1180 g/mol. The van der Waals surface area contributed by atoms with E-state index in [-0.39, 0.29) is 81.7 Å². The third-order valence-electron chi connectivity index (χ3n) is 19.2. The summed E-state index contributed by atoms with van der Waals surface area (Å²) in [7, 11) is -3.51. The van der Waals surface area contributed by atoms with Crippen LogP contribution in [0, 0.1) is 23.5 Å². The molecule has 19 heteroatoms. The van der Waals surface area contributed by atoms with Crippen molar-refractivity contribution in [2.24, 2.45) is 17.6 Å². The zero-order chi connectivity index (χ0) is 58.7. The minimum Gasteiger partial charge on any atom is -0.361 e. The Morgan fingerprint density at radius 1 is 0.571 bits per heavy atom. The molecule has 8 aromatic rings. The van der Waals surface area contributed by atoms with Crippen molar-refractivity contribution in [2.75, 3.05) is 25.4 Å². The van der Waals surface area contributed by atoms with Gasteiger partial charge in [0.2, 0.25) is 10.0 Å². The van der Waals surface area contributed by atoms with Gasteiger partial charge in [-0.25, -0.2) is 30.9 Å². The second-order valence-electron chi connectivity index (χ2n) is 23.8. The molecule has 2 aromatic heterocycles. The molecule has 1 saturated heterocycles. The summed E-state index contributed by atoms with van der Waals surface area (Å²) in [4.78, 5) is 0. The smallest absolute Gasteiger partial charge is 0.361 e. The molecule has 442 valence electrons. The van der Waals surface area contributed by atoms with Crippen LogP contribution in [-0.2, 0) is 56.4 Å². The molecule has 2 N–H and O–H groups in total. The number of sulfonamides is 1. The van der Waals surface area contributed by atoms with Crippen molar-refractivity contribution in [3.05, 3.63) is 191 Å². The lowest BCUT2D eigenvalue weighted by Gasteiger charge is -2.53. The first kappa shape index (κ1) is 57.9. The van der Waals surface area contributed by atoms with Gasteiger partial charge >= 0.3 is 12.4 Å². The molecule has 0 bridgehead atoms. The van der Waals surface area contributed by atoms with E-state index in [2.05, 4.69) is 22.3 Å². The highest BCUT2D eigenvalue weighted by Crippen LogP contribution is 2.59. The first-order chi connectivity index (χ1) is 40.2. The van der Waals surface area contributed by atoms with E-state index in [9.17, 15) is 30.4 Å². The van der Waals surface area contributed by atoms with Crippen LogP contribution in [0.3, 0.4) is 0 Å². The molecule has 84 heavy (non-hydrogen) atoms. The van der Waals surface area contributed by atoms with Crippen LogP contribution in [0.1, 0.15) is 104 Å². The fourth-order valence-electron chi connectivity index (χ4n) is 14.7. The Balaban J connectivity index is 0.000000167. The predicted octanol–water partition coefficient (Wildman–Crippen LogP) is 14.1. The number of halogens is 8. The normalized spacial score (nSPS) is 26.1. The van der Waals surface area contributed by atoms with Gasteiger partial charge in [-0.1, -0.05) is 60.7 Å². The largest absolute Gasteiger partial charge is 0.417 e. The lowest BCUT2D eigenvalue weighted by atomic mass is 9.57. The Morgan fingerprint density at radius 2 is 1.01 bits per heavy atom. The summed E-state index contributed by atoms with van der Waals surface area (Å²) < 4.78 is 159. The van der Waals surface area contributed by atoms with E-state index in [1.165, 1.54) is 28.6 Å². The van der Waals surface area contributed by atoms with E-state index in [0.29, 0.717) is 56.3 Å². The van der Waals surface area contributed by atoms with E-state index in [0.717, 1.165) is 68.2 Å². The Bertz CT molecular complexity index is 3770. The topological polar surface area (TPSA) is 118 Å². The highest BCUT2D eigenvalue weighted by molar-refractivity contribution is 7.89. The molecule has 0 spiro atoms. The van der Waals surface area contributed by atoms with Crippen molar-refractivity contribution >= 4 is 31.8 Å². The first-order valence-corrected chi connectivity index (χ1v) is 30.6. The number of aryl methyl sites for hydroxylation is 2. The molecule has 0 unspecified atom stereocenters. The predicted molar refractivity (Wildman–Crippen MR) is 305 cm³/mol. The van der Waals surface area contributed by atoms with Gasteiger partial charge in [0.25, 0.3) is 0 Å². The highest BCUT2D eigenvalue weighted by atomic mass is 32.2. The third-order valence-corrected chi connectivity index (χ3v) is 21.1. The molecule has 2 saturated carbocycles. The van der Waals surface area contributed by atoms with Crippen LogP contribution in [0.2, 0.25) is 0 Å². The Kier molecular flexibility index (Phi) is 15.4. The summed E-state index contributed by atoms with van der Waals surface area (Å²) in [6, 6.07) is 38.3. The summed E-state index contributed by atoms with van der Waals surface area (Å²) in [6.45, 7) is 0.556. The quantitative estimate of drug-likeness (QED) is 0.128. The molecule has 3 heterocycles. The number of alkyl halides is 6. The van der Waals surface area contributed by atoms with Crippen LogP contribution in [0.4, 0.5) is 35.1 Å². The minimum atomic E-state index is -4.59. The fraction of sp³-hybridized carbons (Fsp3) is 0.415. The number of hydrogen-bond donors (Lipinski definition) is 1. The number of hydrogen-bond acceptors (Lipinski definition) is 7. The molecule has 0 amide bonds. The SMILES string of the molecule is NC[C@@]12CC[C@](OCc3ccccc3)(C(F)(F)F)C[C@H]1CCCc1cc3c(cnn3-c3ccc(F)cc3)cc12.O=S1(=O)CCCN1C[C@@]12CC[C@](OCc3ccccc3)(C(F)(F)F)C[C@H]1CCCc1cc3c(cnn3-c3ccc(F)cc3)cc12. The van der Waals surface area contributed by atoms with Crippen molar-refractivity contribution in [2.45, 2.75) is 131 Å². The molecule has 6 atom stereocenters. The number of rotatable bonds is 11. The van der Waals surface area contributed by atoms with Gasteiger partial charge < -0.3 is 15.2 Å². The maximum Gasteiger partial charge on any atom is 0.417 e. The van der Waals surface area contributed by atoms with E-state index in [1.54, 1.807) is 94.6 Å². The number of fused-ring (bicyclic) bond motifs is 8. The van der Waals surface area contributed by atoms with Gasteiger partial charge in [-0.05, 0) is 201 Å². The number of aromatic nitrogens is 4. The Morgan fingerprint density at radius 3 is 1.44 bits per heavy atom. The summed E-state index contributed by atoms with van der Waals surface area (Å²) in [6.07, 6.45) is -1.40. The van der Waals surface area contributed by atoms with Gasteiger partial charge in [0.05, 0.1) is 53.8 Å². The number of nitrogens with zero attached hydrogens (tertiary/aromatic N) is 5. The van der Waals surface area contributed by atoms with E-state index < -0.39 is 50.3 Å². The number of benzene rings is 6. The monoisotopic (exact) mass is 1180 g/mol. The molecular weight excluding hydrogens is 1110 g/mol. The van der Waals surface area contributed by atoms with Crippen molar-refractivity contribution in [3.63, 3.8) is 0 Å². The van der Waals surface area contributed by atoms with Gasteiger partial charge in [0, 0.05) is 41.2 Å². The van der Waals surface area contributed by atoms with E-state index in [1.807, 2.05) is 24.3 Å². The zero-order valence-electron chi connectivity index (χ0n) is 46.3. The summed E-state index contributed by atoms with van der Waals surface area (Å²) in [5.41, 5.74) is 9.14. The van der Waals surface area contributed by atoms with Crippen molar-refractivity contribution in [1.29, 1.82) is 0 Å². The fourth-order valence-corrected chi connectivity index (χ4v) is 16.3. The van der Waals surface area contributed by atoms with Gasteiger partial charge in [-0.2, -0.15) is 36.5 Å². The minimum absolute atomic E-state index is 0.0523. The molecule has 0 radical (unpaired) electrons. The lowest BCUT2D eigenvalue weighted by molar-refractivity contribution is -0.301. The first-order valence-electron chi connectivity index (χ1n) is 29.0. The average Bonchev–Trinajstić information content (AvgIpc) is 1.68. The number of ether oxygens (including phenoxy) is 2. The van der Waals surface area contributed by atoms with Crippen LogP contribution in [0.25, 0.3) is 33.2 Å². The molecule has 4 aliphatic carbocycles. The van der Waals surface area contributed by atoms with Crippen molar-refractivity contribution in [3.8, 4) is 11.4 Å². The zero-order valence-corrected chi connectivity index (χ0v) is 47.1. The van der Waals surface area contributed by atoms with Gasteiger partial charge in [-0.15, -0.1) is 0 Å². The van der Waals surface area contributed by atoms with Crippen LogP contribution < -0.4 is 5.73 Å². The molecule has 13 rings (SSSR count). The van der Waals surface area contributed by atoms with Crippen LogP contribution in [0.5, 0.6) is 0 Å². The maximum absolute atomic E-state index is 15.0. The highest BCUT2D eigenvalue weighted by Gasteiger charge is 2.64. The second kappa shape index (κ2) is 22.4. The van der Waals surface area contributed by atoms with E-state index in [4.69, 9.17) is 15.2 Å². The van der Waals surface area contributed by atoms with Gasteiger partial charge in [-0.3, -0.25) is 0 Å². The Hall–Kier alpha value is -6.51. The van der Waals surface area contributed by atoms with Gasteiger partial charge in [0.1, 0.15) is 11.6 Å². The number of nitrogens with two attached hydrogens (primary N) is 1. The van der Waals surface area contributed by atoms with Crippen LogP contribution in [-0.4, -0.2) is 81.2 Å². The Labute approximate surface area is 483 Å². The third kappa shape index (κ3) is 10.6. The maximum atomic E-state index is 15.0. The van der Waals surface area contributed by atoms with Crippen molar-refractivity contribution < 1.29 is 53.0 Å². The standard InChI is InChI=1S/C34H35F4N3O3S.C31H31F4N3O/c35-28-10-12-29(13-11-28)41-31-19-25-8-4-9-27-20-33(34(36,37)38,44-22-24-6-2-1-3-7-24)15-14-32(27,30(25)18-26(31)21-39-41)23-40-16-5-17-45(40,42)43;32-25-9-11-26(12-10-25)38-28-16-22-7-4-8-24-17-30(31(33,34)35,39-19-21-5-2-1-3-6-21)14-13-29(24,20-36)27(22)15-23(28)18-37-38/h1-3,6-7,10-13,18-19,21,27H,4-5,8-9,14-17,20,22-23H2;1-3,5-6,9-12,15-16,18,24H,4,7-8,13-14,17,19-20,36H2/t27-,32+,33-;24-,29+,30-/m11/s1. The second-order valence-corrected chi connectivity index (χ2v) is 25.9. The molecule has 10 nitrogen and oxygen atoms in total. The molecule has 5 aliphatic rings. The van der Waals surface area contributed by atoms with Crippen LogP contribution in [0.15, 0.2) is 146 Å². The molecule has 3 fully saturated rings. The summed E-state index contributed by atoms with van der Waals surface area (Å²) in [5.74, 6) is -1.34.